The van der Waals surface area contributed by atoms with Gasteiger partial charge >= 0.3 is 0 Å². The third-order valence-electron chi connectivity index (χ3n) is 4.58. The first-order chi connectivity index (χ1) is 13.0. The van der Waals surface area contributed by atoms with Crippen molar-refractivity contribution in [2.75, 3.05) is 25.5 Å². The van der Waals surface area contributed by atoms with Crippen LogP contribution in [-0.4, -0.2) is 47.8 Å². The lowest BCUT2D eigenvalue weighted by Crippen LogP contribution is -2.46. The molecule has 0 unspecified atom stereocenters. The Morgan fingerprint density at radius 3 is 2.59 bits per heavy atom. The van der Waals surface area contributed by atoms with Crippen molar-refractivity contribution in [2.24, 2.45) is 0 Å². The molecule has 1 saturated heterocycles. The van der Waals surface area contributed by atoms with Gasteiger partial charge in [0.15, 0.2) is 5.76 Å². The summed E-state index contributed by atoms with van der Waals surface area (Å²) in [5.74, 6) is -0.228. The van der Waals surface area contributed by atoms with E-state index in [0.29, 0.717) is 37.4 Å². The van der Waals surface area contributed by atoms with Crippen LogP contribution in [0.5, 0.6) is 0 Å². The Balaban J connectivity index is 1.59. The Hall–Kier alpha value is -3.36. The third-order valence-corrected chi connectivity index (χ3v) is 4.58. The highest BCUT2D eigenvalue weighted by Gasteiger charge is 2.26. The fourth-order valence-corrected chi connectivity index (χ4v) is 3.09. The number of nitro benzene ring substituents is 1. The number of piperidine rings is 1. The van der Waals surface area contributed by atoms with Gasteiger partial charge in [-0.1, -0.05) is 0 Å². The van der Waals surface area contributed by atoms with E-state index >= 15 is 0 Å². The molecule has 1 aromatic carbocycles. The molecule has 1 aliphatic heterocycles. The summed E-state index contributed by atoms with van der Waals surface area (Å²) in [6.07, 6.45) is 2.67. The second-order valence-electron chi connectivity index (χ2n) is 6.26. The van der Waals surface area contributed by atoms with Crippen molar-refractivity contribution >= 4 is 23.2 Å². The summed E-state index contributed by atoms with van der Waals surface area (Å²) >= 11 is 0. The van der Waals surface area contributed by atoms with Gasteiger partial charge in [-0.25, -0.2) is 0 Å². The number of likely N-dealkylation sites (tertiary alicyclic amines) is 1. The molecule has 0 radical (unpaired) electrons. The number of anilines is 1. The van der Waals surface area contributed by atoms with E-state index < -0.39 is 4.92 Å². The number of furan rings is 1. The molecule has 2 heterocycles. The zero-order valence-corrected chi connectivity index (χ0v) is 14.8. The lowest BCUT2D eigenvalue weighted by atomic mass is 10.0. The summed E-state index contributed by atoms with van der Waals surface area (Å²) in [6, 6.07) is 7.51. The van der Waals surface area contributed by atoms with Crippen LogP contribution in [0, 0.1) is 10.1 Å². The van der Waals surface area contributed by atoms with Crippen LogP contribution in [0.15, 0.2) is 41.0 Å². The maximum absolute atomic E-state index is 12.4. The number of carbonyl (C=O) groups excluding carboxylic acids is 2. The molecule has 2 aromatic rings. The van der Waals surface area contributed by atoms with Crippen molar-refractivity contribution in [2.45, 2.75) is 18.9 Å². The third kappa shape index (κ3) is 4.08. The van der Waals surface area contributed by atoms with Gasteiger partial charge in [0, 0.05) is 37.8 Å². The van der Waals surface area contributed by atoms with E-state index in [1.807, 2.05) is 0 Å². The van der Waals surface area contributed by atoms with Crippen LogP contribution in [0.3, 0.4) is 0 Å². The van der Waals surface area contributed by atoms with Gasteiger partial charge in [0.05, 0.1) is 11.2 Å². The molecule has 1 aromatic heterocycles. The number of benzene rings is 1. The Labute approximate surface area is 155 Å². The summed E-state index contributed by atoms with van der Waals surface area (Å²) in [4.78, 5) is 37.0. The normalized spacial score (nSPS) is 14.6. The summed E-state index contributed by atoms with van der Waals surface area (Å²) in [7, 11) is 1.58. The largest absolute Gasteiger partial charge is 0.459 e. The summed E-state index contributed by atoms with van der Waals surface area (Å²) < 4.78 is 5.13. The maximum Gasteiger partial charge on any atom is 0.293 e. The van der Waals surface area contributed by atoms with Gasteiger partial charge in [-0.05, 0) is 37.1 Å². The van der Waals surface area contributed by atoms with Gasteiger partial charge in [-0.3, -0.25) is 19.7 Å². The molecule has 3 rings (SSSR count). The standard InChI is InChI=1S/C18H20N4O5/c1-19-14-5-4-12(11-15(14)22(25)26)17(23)20-13-6-8-21(9-7-13)18(24)16-3-2-10-27-16/h2-5,10-11,13,19H,6-9H2,1H3,(H,20,23). The van der Waals surface area contributed by atoms with Crippen molar-refractivity contribution in [3.63, 3.8) is 0 Å². The lowest BCUT2D eigenvalue weighted by Gasteiger charge is -2.31. The molecule has 0 spiro atoms. The van der Waals surface area contributed by atoms with E-state index in [4.69, 9.17) is 4.42 Å². The topological polar surface area (TPSA) is 118 Å². The van der Waals surface area contributed by atoms with E-state index in [9.17, 15) is 19.7 Å². The van der Waals surface area contributed by atoms with Crippen LogP contribution in [-0.2, 0) is 0 Å². The van der Waals surface area contributed by atoms with E-state index in [0.717, 1.165) is 0 Å². The molecule has 27 heavy (non-hydrogen) atoms. The predicted molar refractivity (Wildman–Crippen MR) is 97.7 cm³/mol. The molecule has 1 aliphatic rings. The fraction of sp³-hybridized carbons (Fsp3) is 0.333. The first-order valence-corrected chi connectivity index (χ1v) is 8.59. The minimum absolute atomic E-state index is 0.0961. The molecule has 0 saturated carbocycles. The number of amides is 2. The number of nitro groups is 1. The number of carbonyl (C=O) groups is 2. The Kier molecular flexibility index (Phi) is 5.39. The average molecular weight is 372 g/mol. The molecule has 0 aliphatic carbocycles. The van der Waals surface area contributed by atoms with Gasteiger partial charge in [0.2, 0.25) is 0 Å². The molecule has 0 bridgehead atoms. The van der Waals surface area contributed by atoms with Gasteiger partial charge in [-0.2, -0.15) is 0 Å². The number of hydrogen-bond donors (Lipinski definition) is 2. The lowest BCUT2D eigenvalue weighted by molar-refractivity contribution is -0.384. The molecule has 9 nitrogen and oxygen atoms in total. The molecule has 2 N–H and O–H groups in total. The van der Waals surface area contributed by atoms with Crippen molar-refractivity contribution < 1.29 is 18.9 Å². The van der Waals surface area contributed by atoms with Crippen molar-refractivity contribution in [3.8, 4) is 0 Å². The summed E-state index contributed by atoms with van der Waals surface area (Å²) in [5, 5.41) is 16.8. The van der Waals surface area contributed by atoms with Crippen molar-refractivity contribution in [1.82, 2.24) is 10.2 Å². The van der Waals surface area contributed by atoms with Crippen LogP contribution in [0.1, 0.15) is 33.8 Å². The van der Waals surface area contributed by atoms with Gasteiger partial charge in [-0.15, -0.1) is 0 Å². The number of nitrogens with one attached hydrogen (secondary N) is 2. The van der Waals surface area contributed by atoms with Gasteiger partial charge in [0.25, 0.3) is 17.5 Å². The van der Waals surface area contributed by atoms with Gasteiger partial charge < -0.3 is 20.0 Å². The molecule has 9 heteroatoms. The quantitative estimate of drug-likeness (QED) is 0.614. The molecule has 142 valence electrons. The van der Waals surface area contributed by atoms with E-state index in [2.05, 4.69) is 10.6 Å². The molecule has 2 amide bonds. The van der Waals surface area contributed by atoms with Crippen LogP contribution in [0.2, 0.25) is 0 Å². The monoisotopic (exact) mass is 372 g/mol. The molecular weight excluding hydrogens is 352 g/mol. The SMILES string of the molecule is CNc1ccc(C(=O)NC2CCN(C(=O)c3ccco3)CC2)cc1[N+](=O)[O-]. The summed E-state index contributed by atoms with van der Waals surface area (Å²) in [5.41, 5.74) is 0.431. The van der Waals surface area contributed by atoms with Crippen molar-refractivity contribution in [3.05, 3.63) is 58.0 Å². The zero-order valence-electron chi connectivity index (χ0n) is 14.8. The van der Waals surface area contributed by atoms with Crippen molar-refractivity contribution in [1.29, 1.82) is 0 Å². The van der Waals surface area contributed by atoms with E-state index in [1.165, 1.54) is 18.4 Å². The Morgan fingerprint density at radius 1 is 1.26 bits per heavy atom. The second-order valence-corrected chi connectivity index (χ2v) is 6.26. The first kappa shape index (κ1) is 18.4. The minimum Gasteiger partial charge on any atom is -0.459 e. The first-order valence-electron chi connectivity index (χ1n) is 8.59. The van der Waals surface area contributed by atoms with Gasteiger partial charge in [0.1, 0.15) is 5.69 Å². The summed E-state index contributed by atoms with van der Waals surface area (Å²) in [6.45, 7) is 1.01. The number of rotatable bonds is 5. The Morgan fingerprint density at radius 2 is 2.00 bits per heavy atom. The van der Waals surface area contributed by atoms with E-state index in [1.54, 1.807) is 30.1 Å². The predicted octanol–water partition coefficient (Wildman–Crippen LogP) is 2.26. The van der Waals surface area contributed by atoms with Crippen LogP contribution in [0.4, 0.5) is 11.4 Å². The van der Waals surface area contributed by atoms with Crippen LogP contribution in [0.25, 0.3) is 0 Å². The second kappa shape index (κ2) is 7.90. The highest BCUT2D eigenvalue weighted by molar-refractivity contribution is 5.96. The van der Waals surface area contributed by atoms with Crippen LogP contribution >= 0.6 is 0 Å². The van der Waals surface area contributed by atoms with E-state index in [-0.39, 0.29) is 29.1 Å². The average Bonchev–Trinajstić information content (AvgIpc) is 3.22. The minimum atomic E-state index is -0.526. The highest BCUT2D eigenvalue weighted by atomic mass is 16.6. The molecular formula is C18H20N4O5. The number of nitrogens with zero attached hydrogens (tertiary/aromatic N) is 2. The highest BCUT2D eigenvalue weighted by Crippen LogP contribution is 2.25. The molecule has 1 fully saturated rings. The zero-order chi connectivity index (χ0) is 19.4. The Bertz CT molecular complexity index is 841. The number of hydrogen-bond acceptors (Lipinski definition) is 6. The smallest absolute Gasteiger partial charge is 0.293 e. The fourth-order valence-electron chi connectivity index (χ4n) is 3.09. The molecule has 0 atom stereocenters. The maximum atomic E-state index is 12.4. The van der Waals surface area contributed by atoms with Crippen LogP contribution < -0.4 is 10.6 Å².